The Bertz CT molecular complexity index is 199. The highest BCUT2D eigenvalue weighted by Crippen LogP contribution is 2.15. The fourth-order valence-corrected chi connectivity index (χ4v) is 1.61. The van der Waals surface area contributed by atoms with E-state index in [9.17, 15) is 4.79 Å². The molecule has 1 atom stereocenters. The SMILES string of the molecule is O=C(O)CCOC1CC/C=C/CCC1. The Balaban J connectivity index is 2.15. The molecule has 0 heterocycles. The molecule has 14 heavy (non-hydrogen) atoms. The van der Waals surface area contributed by atoms with E-state index in [-0.39, 0.29) is 12.5 Å². The summed E-state index contributed by atoms with van der Waals surface area (Å²) < 4.78 is 5.51. The Kier molecular flexibility index (Phi) is 5.30. The van der Waals surface area contributed by atoms with Gasteiger partial charge in [-0.15, -0.1) is 0 Å². The molecular formula is C11H18O3. The lowest BCUT2D eigenvalue weighted by Gasteiger charge is -2.17. The normalized spacial score (nSPS) is 25.0. The van der Waals surface area contributed by atoms with Crippen LogP contribution in [0.2, 0.25) is 0 Å². The standard InChI is InChI=1S/C11H18O3/c12-11(13)8-9-14-10-6-4-2-1-3-5-7-10/h1-2,10H,3-9H2,(H,12,13)/b2-1+. The van der Waals surface area contributed by atoms with Crippen molar-refractivity contribution in [3.05, 3.63) is 12.2 Å². The second-order valence-electron chi connectivity index (χ2n) is 3.62. The third kappa shape index (κ3) is 5.02. The molecule has 3 nitrogen and oxygen atoms in total. The maximum Gasteiger partial charge on any atom is 0.305 e. The zero-order valence-electron chi connectivity index (χ0n) is 8.45. The van der Waals surface area contributed by atoms with Crippen LogP contribution in [0.1, 0.15) is 38.5 Å². The number of allylic oxidation sites excluding steroid dienone is 2. The molecule has 1 unspecified atom stereocenters. The quantitative estimate of drug-likeness (QED) is 0.705. The monoisotopic (exact) mass is 198 g/mol. The summed E-state index contributed by atoms with van der Waals surface area (Å²) in [6.45, 7) is 0.351. The number of carbonyl (C=O) groups is 1. The van der Waals surface area contributed by atoms with Crippen LogP contribution in [0.15, 0.2) is 12.2 Å². The molecule has 80 valence electrons. The van der Waals surface area contributed by atoms with Crippen molar-refractivity contribution in [3.8, 4) is 0 Å². The van der Waals surface area contributed by atoms with Gasteiger partial charge in [0.1, 0.15) is 0 Å². The molecule has 1 rings (SSSR count). The minimum Gasteiger partial charge on any atom is -0.481 e. The van der Waals surface area contributed by atoms with E-state index in [2.05, 4.69) is 12.2 Å². The number of carboxylic acid groups (broad SMARTS) is 1. The molecule has 0 spiro atoms. The molecule has 3 heteroatoms. The fraction of sp³-hybridized carbons (Fsp3) is 0.727. The zero-order chi connectivity index (χ0) is 10.2. The van der Waals surface area contributed by atoms with Crippen LogP contribution < -0.4 is 0 Å². The molecule has 0 aliphatic heterocycles. The van der Waals surface area contributed by atoms with Gasteiger partial charge in [0.2, 0.25) is 0 Å². The Labute approximate surface area is 84.8 Å². The van der Waals surface area contributed by atoms with Crippen LogP contribution in [-0.4, -0.2) is 23.8 Å². The zero-order valence-corrected chi connectivity index (χ0v) is 8.45. The second kappa shape index (κ2) is 6.60. The van der Waals surface area contributed by atoms with Crippen molar-refractivity contribution in [2.24, 2.45) is 0 Å². The maximum absolute atomic E-state index is 10.3. The van der Waals surface area contributed by atoms with Crippen molar-refractivity contribution >= 4 is 5.97 Å². The van der Waals surface area contributed by atoms with Crippen LogP contribution in [0.5, 0.6) is 0 Å². The highest BCUT2D eigenvalue weighted by atomic mass is 16.5. The molecule has 0 aromatic heterocycles. The van der Waals surface area contributed by atoms with Crippen molar-refractivity contribution in [2.75, 3.05) is 6.61 Å². The van der Waals surface area contributed by atoms with Gasteiger partial charge < -0.3 is 9.84 Å². The molecule has 0 saturated carbocycles. The molecule has 1 aliphatic rings. The Morgan fingerprint density at radius 2 is 2.14 bits per heavy atom. The highest BCUT2D eigenvalue weighted by molar-refractivity contribution is 5.66. The Morgan fingerprint density at radius 1 is 1.36 bits per heavy atom. The average Bonchev–Trinajstić information content (AvgIpc) is 2.07. The van der Waals surface area contributed by atoms with Gasteiger partial charge in [-0.3, -0.25) is 4.79 Å². The van der Waals surface area contributed by atoms with Gasteiger partial charge in [-0.05, 0) is 32.1 Å². The molecule has 0 fully saturated rings. The van der Waals surface area contributed by atoms with Gasteiger partial charge >= 0.3 is 5.97 Å². The van der Waals surface area contributed by atoms with E-state index in [0.29, 0.717) is 6.61 Å². The van der Waals surface area contributed by atoms with E-state index in [4.69, 9.17) is 9.84 Å². The summed E-state index contributed by atoms with van der Waals surface area (Å²) in [6, 6.07) is 0. The van der Waals surface area contributed by atoms with E-state index in [0.717, 1.165) is 32.1 Å². The van der Waals surface area contributed by atoms with Gasteiger partial charge in [-0.1, -0.05) is 12.2 Å². The van der Waals surface area contributed by atoms with Gasteiger partial charge in [0.05, 0.1) is 19.1 Å². The minimum atomic E-state index is -0.782. The smallest absolute Gasteiger partial charge is 0.305 e. The summed E-state index contributed by atoms with van der Waals surface area (Å²) in [7, 11) is 0. The molecule has 0 saturated heterocycles. The van der Waals surface area contributed by atoms with Crippen LogP contribution in [0, 0.1) is 0 Å². The molecule has 0 bridgehead atoms. The number of rotatable bonds is 4. The van der Waals surface area contributed by atoms with Crippen molar-refractivity contribution in [1.29, 1.82) is 0 Å². The van der Waals surface area contributed by atoms with Gasteiger partial charge in [-0.2, -0.15) is 0 Å². The van der Waals surface area contributed by atoms with Crippen molar-refractivity contribution in [2.45, 2.75) is 44.6 Å². The van der Waals surface area contributed by atoms with E-state index < -0.39 is 5.97 Å². The second-order valence-corrected chi connectivity index (χ2v) is 3.62. The summed E-state index contributed by atoms with van der Waals surface area (Å²) in [5.41, 5.74) is 0. The summed E-state index contributed by atoms with van der Waals surface area (Å²) >= 11 is 0. The van der Waals surface area contributed by atoms with E-state index in [1.165, 1.54) is 0 Å². The summed E-state index contributed by atoms with van der Waals surface area (Å²) in [6.07, 6.45) is 10.2. The van der Waals surface area contributed by atoms with Crippen LogP contribution in [0.4, 0.5) is 0 Å². The van der Waals surface area contributed by atoms with Gasteiger partial charge in [0, 0.05) is 0 Å². The molecule has 1 N–H and O–H groups in total. The summed E-state index contributed by atoms with van der Waals surface area (Å²) in [4.78, 5) is 10.3. The molecule has 0 aromatic rings. The first-order valence-corrected chi connectivity index (χ1v) is 5.27. The van der Waals surface area contributed by atoms with Crippen LogP contribution in [0.3, 0.4) is 0 Å². The lowest BCUT2D eigenvalue weighted by atomic mass is 10.0. The van der Waals surface area contributed by atoms with Crippen LogP contribution >= 0.6 is 0 Å². The lowest BCUT2D eigenvalue weighted by molar-refractivity contribution is -0.138. The summed E-state index contributed by atoms with van der Waals surface area (Å²) in [5.74, 6) is -0.782. The number of hydrogen-bond donors (Lipinski definition) is 1. The van der Waals surface area contributed by atoms with Crippen LogP contribution in [-0.2, 0) is 9.53 Å². The number of carboxylic acids is 1. The van der Waals surface area contributed by atoms with Crippen LogP contribution in [0.25, 0.3) is 0 Å². The predicted octanol–water partition coefficient (Wildman–Crippen LogP) is 2.37. The number of hydrogen-bond acceptors (Lipinski definition) is 2. The van der Waals surface area contributed by atoms with Crippen molar-refractivity contribution in [1.82, 2.24) is 0 Å². The van der Waals surface area contributed by atoms with Gasteiger partial charge in [0.15, 0.2) is 0 Å². The molecule has 1 aliphatic carbocycles. The molecule has 0 aromatic carbocycles. The third-order valence-electron chi connectivity index (χ3n) is 2.39. The first kappa shape index (κ1) is 11.2. The first-order valence-electron chi connectivity index (χ1n) is 5.27. The highest BCUT2D eigenvalue weighted by Gasteiger charge is 2.09. The van der Waals surface area contributed by atoms with E-state index in [1.807, 2.05) is 0 Å². The van der Waals surface area contributed by atoms with E-state index >= 15 is 0 Å². The van der Waals surface area contributed by atoms with E-state index in [1.54, 1.807) is 0 Å². The lowest BCUT2D eigenvalue weighted by Crippen LogP contribution is -2.16. The summed E-state index contributed by atoms with van der Waals surface area (Å²) in [5, 5.41) is 8.45. The largest absolute Gasteiger partial charge is 0.481 e. The van der Waals surface area contributed by atoms with Crippen molar-refractivity contribution < 1.29 is 14.6 Å². The minimum absolute atomic E-state index is 0.117. The fourth-order valence-electron chi connectivity index (χ4n) is 1.61. The average molecular weight is 198 g/mol. The van der Waals surface area contributed by atoms with Crippen molar-refractivity contribution in [3.63, 3.8) is 0 Å². The van der Waals surface area contributed by atoms with Gasteiger partial charge in [-0.25, -0.2) is 0 Å². The molecule has 0 radical (unpaired) electrons. The Morgan fingerprint density at radius 3 is 2.93 bits per heavy atom. The third-order valence-corrected chi connectivity index (χ3v) is 2.39. The molecular weight excluding hydrogens is 180 g/mol. The number of ether oxygens (including phenoxy) is 1. The topological polar surface area (TPSA) is 46.5 Å². The molecule has 0 amide bonds. The van der Waals surface area contributed by atoms with Gasteiger partial charge in [0.25, 0.3) is 0 Å². The Hall–Kier alpha value is -0.830. The maximum atomic E-state index is 10.3. The number of aliphatic carboxylic acids is 1. The predicted molar refractivity (Wildman–Crippen MR) is 54.2 cm³/mol. The first-order chi connectivity index (χ1) is 6.79.